The van der Waals surface area contributed by atoms with E-state index in [0.29, 0.717) is 16.9 Å². The zero-order valence-corrected chi connectivity index (χ0v) is 16.8. The highest BCUT2D eigenvalue weighted by Crippen LogP contribution is 2.40. The van der Waals surface area contributed by atoms with E-state index in [0.717, 1.165) is 53.6 Å². The lowest BCUT2D eigenvalue weighted by Crippen LogP contribution is -2.26. The summed E-state index contributed by atoms with van der Waals surface area (Å²) in [4.78, 5) is 16.0. The summed E-state index contributed by atoms with van der Waals surface area (Å²) in [5, 5.41) is 8.43. The van der Waals surface area contributed by atoms with E-state index in [-0.39, 0.29) is 18.1 Å². The van der Waals surface area contributed by atoms with E-state index in [4.69, 9.17) is 5.10 Å². The number of hydrogen-bond acceptors (Lipinski definition) is 5. The predicted molar refractivity (Wildman–Crippen MR) is 110 cm³/mol. The Morgan fingerprint density at radius 3 is 2.80 bits per heavy atom. The number of nitrogens with zero attached hydrogens (tertiary/aromatic N) is 3. The van der Waals surface area contributed by atoms with Gasteiger partial charge in [0.25, 0.3) is 5.56 Å². The second-order valence-electron chi connectivity index (χ2n) is 7.75. The fourth-order valence-corrected chi connectivity index (χ4v) is 5.33. The summed E-state index contributed by atoms with van der Waals surface area (Å²) >= 11 is 1.11. The molecule has 1 saturated carbocycles. The van der Waals surface area contributed by atoms with Crippen LogP contribution in [0.3, 0.4) is 0 Å². The van der Waals surface area contributed by atoms with Crippen LogP contribution in [-0.4, -0.2) is 31.8 Å². The molecule has 0 spiro atoms. The number of rotatable bonds is 4. The van der Waals surface area contributed by atoms with Crippen molar-refractivity contribution in [3.8, 4) is 0 Å². The van der Waals surface area contributed by atoms with Crippen LogP contribution in [0.2, 0.25) is 0 Å². The van der Waals surface area contributed by atoms with Crippen LogP contribution in [0.5, 0.6) is 0 Å². The molecular formula is C20H20F3N5OS. The number of anilines is 2. The molecule has 0 atom stereocenters. The molecule has 5 rings (SSSR count). The van der Waals surface area contributed by atoms with Crippen LogP contribution in [0.1, 0.15) is 37.3 Å². The molecule has 2 aliphatic rings. The standard InChI is InChI=1S/C20H20F3N5OS/c21-20(22,23)11-27-10-12-9-13(5-6-16(12)30-27)25-18-17-15(7-8-24-19(17)29)28(26-18)14-3-1-2-4-14/h5-9,14H,1-4,10-11H2,(H,24,29)(H,25,26). The van der Waals surface area contributed by atoms with E-state index in [1.165, 1.54) is 4.31 Å². The topological polar surface area (TPSA) is 66.0 Å². The molecule has 0 amide bonds. The maximum Gasteiger partial charge on any atom is 0.402 e. The van der Waals surface area contributed by atoms with Gasteiger partial charge in [-0.3, -0.25) is 9.48 Å². The number of hydrogen-bond donors (Lipinski definition) is 2. The number of pyridine rings is 1. The maximum atomic E-state index is 12.7. The van der Waals surface area contributed by atoms with Crippen molar-refractivity contribution in [3.05, 3.63) is 46.4 Å². The number of H-pyrrole nitrogens is 1. The Labute approximate surface area is 174 Å². The fourth-order valence-electron chi connectivity index (χ4n) is 4.27. The van der Waals surface area contributed by atoms with E-state index in [9.17, 15) is 18.0 Å². The van der Waals surface area contributed by atoms with E-state index in [2.05, 4.69) is 10.3 Å². The van der Waals surface area contributed by atoms with Gasteiger partial charge in [-0.05, 0) is 54.6 Å². The first-order valence-electron chi connectivity index (χ1n) is 9.87. The zero-order chi connectivity index (χ0) is 20.9. The zero-order valence-electron chi connectivity index (χ0n) is 16.0. The summed E-state index contributed by atoms with van der Waals surface area (Å²) in [6.07, 6.45) is 1.76. The first kappa shape index (κ1) is 19.5. The van der Waals surface area contributed by atoms with E-state index in [1.807, 2.05) is 16.8 Å². The van der Waals surface area contributed by atoms with Crippen molar-refractivity contribution in [2.24, 2.45) is 0 Å². The third kappa shape index (κ3) is 3.69. The second kappa shape index (κ2) is 7.35. The molecule has 2 N–H and O–H groups in total. The van der Waals surface area contributed by atoms with Crippen LogP contribution in [0.25, 0.3) is 10.9 Å². The van der Waals surface area contributed by atoms with Crippen LogP contribution in [0.4, 0.5) is 24.7 Å². The summed E-state index contributed by atoms with van der Waals surface area (Å²) in [7, 11) is 0. The lowest BCUT2D eigenvalue weighted by atomic mass is 10.2. The van der Waals surface area contributed by atoms with Gasteiger partial charge in [-0.1, -0.05) is 12.8 Å². The van der Waals surface area contributed by atoms with Gasteiger partial charge in [0.1, 0.15) is 11.9 Å². The van der Waals surface area contributed by atoms with Crippen molar-refractivity contribution >= 4 is 34.4 Å². The summed E-state index contributed by atoms with van der Waals surface area (Å²) in [5.74, 6) is 0.469. The molecule has 30 heavy (non-hydrogen) atoms. The Morgan fingerprint density at radius 2 is 2.03 bits per heavy atom. The number of halogens is 3. The second-order valence-corrected chi connectivity index (χ2v) is 8.89. The molecule has 3 aromatic rings. The molecule has 0 saturated heterocycles. The van der Waals surface area contributed by atoms with Crippen LogP contribution < -0.4 is 10.9 Å². The molecule has 3 heterocycles. The lowest BCUT2D eigenvalue weighted by molar-refractivity contribution is -0.135. The monoisotopic (exact) mass is 435 g/mol. The molecule has 1 fully saturated rings. The largest absolute Gasteiger partial charge is 0.402 e. The molecule has 10 heteroatoms. The lowest BCUT2D eigenvalue weighted by Gasteiger charge is -2.15. The van der Waals surface area contributed by atoms with Crippen molar-refractivity contribution < 1.29 is 13.2 Å². The van der Waals surface area contributed by atoms with Gasteiger partial charge in [-0.2, -0.15) is 18.3 Å². The molecule has 158 valence electrons. The quantitative estimate of drug-likeness (QED) is 0.567. The maximum absolute atomic E-state index is 12.7. The van der Waals surface area contributed by atoms with Crippen LogP contribution >= 0.6 is 11.9 Å². The van der Waals surface area contributed by atoms with Gasteiger partial charge in [0.15, 0.2) is 5.82 Å². The van der Waals surface area contributed by atoms with Gasteiger partial charge in [-0.25, -0.2) is 4.31 Å². The highest BCUT2D eigenvalue weighted by molar-refractivity contribution is 7.97. The van der Waals surface area contributed by atoms with Crippen LogP contribution in [0, 0.1) is 0 Å². The number of aromatic nitrogens is 3. The van der Waals surface area contributed by atoms with E-state index < -0.39 is 12.7 Å². The Hall–Kier alpha value is -2.46. The molecule has 6 nitrogen and oxygen atoms in total. The van der Waals surface area contributed by atoms with Gasteiger partial charge < -0.3 is 10.3 Å². The Balaban J connectivity index is 1.45. The molecule has 0 bridgehead atoms. The van der Waals surface area contributed by atoms with E-state index >= 15 is 0 Å². The summed E-state index contributed by atoms with van der Waals surface area (Å²) in [5.41, 5.74) is 2.10. The fraction of sp³-hybridized carbons (Fsp3) is 0.400. The van der Waals surface area contributed by atoms with Gasteiger partial charge in [-0.15, -0.1) is 0 Å². The first-order valence-corrected chi connectivity index (χ1v) is 10.6. The molecule has 1 aliphatic heterocycles. The molecule has 2 aromatic heterocycles. The number of fused-ring (bicyclic) bond motifs is 2. The SMILES string of the molecule is O=c1[nH]ccc2c1c(Nc1ccc3c(c1)CN(CC(F)(F)F)S3)nn2C1CCCC1. The van der Waals surface area contributed by atoms with Gasteiger partial charge in [0, 0.05) is 23.3 Å². The minimum Gasteiger partial charge on any atom is -0.338 e. The van der Waals surface area contributed by atoms with Gasteiger partial charge in [0.2, 0.25) is 0 Å². The summed E-state index contributed by atoms with van der Waals surface area (Å²) < 4.78 is 41.3. The summed E-state index contributed by atoms with van der Waals surface area (Å²) in [6.45, 7) is -0.742. The van der Waals surface area contributed by atoms with Gasteiger partial charge >= 0.3 is 6.18 Å². The summed E-state index contributed by atoms with van der Waals surface area (Å²) in [6, 6.07) is 7.58. The third-order valence-electron chi connectivity index (χ3n) is 5.55. The molecule has 1 aliphatic carbocycles. The van der Waals surface area contributed by atoms with Crippen LogP contribution in [0.15, 0.2) is 40.2 Å². The average Bonchev–Trinajstić information content (AvgIpc) is 3.39. The van der Waals surface area contributed by atoms with Crippen molar-refractivity contribution in [1.29, 1.82) is 0 Å². The first-order chi connectivity index (χ1) is 14.4. The number of nitrogens with one attached hydrogen (secondary N) is 2. The van der Waals surface area contributed by atoms with Crippen LogP contribution in [-0.2, 0) is 6.54 Å². The van der Waals surface area contributed by atoms with Crippen molar-refractivity contribution in [3.63, 3.8) is 0 Å². The highest BCUT2D eigenvalue weighted by Gasteiger charge is 2.34. The number of benzene rings is 1. The Morgan fingerprint density at radius 1 is 1.23 bits per heavy atom. The van der Waals surface area contributed by atoms with Crippen molar-refractivity contribution in [2.75, 3.05) is 11.9 Å². The van der Waals surface area contributed by atoms with Crippen molar-refractivity contribution in [1.82, 2.24) is 19.1 Å². The smallest absolute Gasteiger partial charge is 0.338 e. The normalized spacial score (nSPS) is 17.7. The molecule has 0 radical (unpaired) electrons. The van der Waals surface area contributed by atoms with Crippen molar-refractivity contribution in [2.45, 2.75) is 49.3 Å². The van der Waals surface area contributed by atoms with Gasteiger partial charge in [0.05, 0.1) is 11.6 Å². The molecular weight excluding hydrogens is 415 g/mol. The number of aromatic amines is 1. The number of alkyl halides is 3. The Bertz CT molecular complexity index is 1150. The molecule has 1 aromatic carbocycles. The minimum atomic E-state index is -4.23. The average molecular weight is 435 g/mol. The van der Waals surface area contributed by atoms with E-state index in [1.54, 1.807) is 18.3 Å². The molecule has 0 unspecified atom stereocenters. The minimum absolute atomic E-state index is 0.215. The predicted octanol–water partition coefficient (Wildman–Crippen LogP) is 4.97. The Kier molecular flexibility index (Phi) is 4.78. The third-order valence-corrected chi connectivity index (χ3v) is 6.67. The highest BCUT2D eigenvalue weighted by atomic mass is 32.2.